The van der Waals surface area contributed by atoms with E-state index in [1.165, 1.54) is 0 Å². The predicted molar refractivity (Wildman–Crippen MR) is 79.1 cm³/mol. The maximum absolute atomic E-state index is 12.8. The average molecular weight is 280 g/mol. The highest BCUT2D eigenvalue weighted by atomic mass is 16.2. The van der Waals surface area contributed by atoms with Crippen molar-refractivity contribution in [1.29, 1.82) is 0 Å². The summed E-state index contributed by atoms with van der Waals surface area (Å²) in [7, 11) is 0. The van der Waals surface area contributed by atoms with E-state index >= 15 is 0 Å². The zero-order valence-electron chi connectivity index (χ0n) is 13.4. The molecular formula is C16H28N2O2. The first-order valence-corrected chi connectivity index (χ1v) is 7.86. The second-order valence-electron chi connectivity index (χ2n) is 7.60. The molecule has 2 aliphatic rings. The van der Waals surface area contributed by atoms with E-state index in [0.717, 1.165) is 19.3 Å². The van der Waals surface area contributed by atoms with Crippen molar-refractivity contribution < 1.29 is 9.59 Å². The van der Waals surface area contributed by atoms with Crippen molar-refractivity contribution in [1.82, 2.24) is 10.2 Å². The van der Waals surface area contributed by atoms with Crippen LogP contribution in [0.25, 0.3) is 0 Å². The second kappa shape index (κ2) is 5.38. The Kier molecular flexibility index (Phi) is 4.12. The lowest BCUT2D eigenvalue weighted by Gasteiger charge is -2.45. The molecule has 1 saturated heterocycles. The van der Waals surface area contributed by atoms with Crippen molar-refractivity contribution in [3.8, 4) is 0 Å². The minimum atomic E-state index is -0.348. The van der Waals surface area contributed by atoms with Crippen LogP contribution in [0, 0.1) is 17.3 Å². The SMILES string of the molecule is CCC(C)CN1C(=O)C(C2CC2)NC(=O)C1C(C)(C)C. The van der Waals surface area contributed by atoms with Gasteiger partial charge in [0, 0.05) is 6.54 Å². The maximum atomic E-state index is 12.8. The fourth-order valence-corrected chi connectivity index (χ4v) is 3.01. The van der Waals surface area contributed by atoms with E-state index in [4.69, 9.17) is 0 Å². The molecule has 2 rings (SSSR count). The Labute approximate surface area is 122 Å². The second-order valence-corrected chi connectivity index (χ2v) is 7.60. The number of rotatable bonds is 4. The van der Waals surface area contributed by atoms with Gasteiger partial charge in [-0.2, -0.15) is 0 Å². The van der Waals surface area contributed by atoms with Crippen molar-refractivity contribution in [2.24, 2.45) is 17.3 Å². The van der Waals surface area contributed by atoms with Gasteiger partial charge < -0.3 is 10.2 Å². The quantitative estimate of drug-likeness (QED) is 0.858. The maximum Gasteiger partial charge on any atom is 0.246 e. The standard InChI is InChI=1S/C16H28N2O2/c1-6-10(2)9-18-13(16(3,4)5)14(19)17-12(15(18)20)11-7-8-11/h10-13H,6-9H2,1-5H3,(H,17,19). The third-order valence-corrected chi connectivity index (χ3v) is 4.53. The largest absolute Gasteiger partial charge is 0.342 e. The lowest BCUT2D eigenvalue weighted by molar-refractivity contribution is -0.155. The van der Waals surface area contributed by atoms with Crippen LogP contribution in [0.5, 0.6) is 0 Å². The summed E-state index contributed by atoms with van der Waals surface area (Å²) < 4.78 is 0. The van der Waals surface area contributed by atoms with Gasteiger partial charge in [-0.3, -0.25) is 9.59 Å². The molecule has 1 heterocycles. The van der Waals surface area contributed by atoms with Gasteiger partial charge in [-0.1, -0.05) is 41.0 Å². The van der Waals surface area contributed by atoms with Gasteiger partial charge in [0.15, 0.2) is 0 Å². The minimum absolute atomic E-state index is 0.0253. The molecule has 20 heavy (non-hydrogen) atoms. The first-order valence-electron chi connectivity index (χ1n) is 7.86. The first kappa shape index (κ1) is 15.3. The van der Waals surface area contributed by atoms with Crippen LogP contribution in [0.4, 0.5) is 0 Å². The molecule has 3 unspecified atom stereocenters. The molecule has 1 aliphatic carbocycles. The Bertz CT molecular complexity index is 396. The van der Waals surface area contributed by atoms with E-state index < -0.39 is 0 Å². The number of carbonyl (C=O) groups excluding carboxylic acids is 2. The van der Waals surface area contributed by atoms with Crippen LogP contribution in [-0.2, 0) is 9.59 Å². The Morgan fingerprint density at radius 1 is 1.30 bits per heavy atom. The van der Waals surface area contributed by atoms with Gasteiger partial charge in [-0.25, -0.2) is 0 Å². The molecule has 0 radical (unpaired) electrons. The van der Waals surface area contributed by atoms with Gasteiger partial charge in [0.1, 0.15) is 12.1 Å². The van der Waals surface area contributed by atoms with Crippen LogP contribution in [0.1, 0.15) is 53.9 Å². The van der Waals surface area contributed by atoms with Crippen molar-refractivity contribution in [2.45, 2.75) is 66.0 Å². The predicted octanol–water partition coefficient (Wildman–Crippen LogP) is 2.18. The molecule has 0 aromatic rings. The highest BCUT2D eigenvalue weighted by molar-refractivity contribution is 5.97. The number of piperazine rings is 1. The molecule has 114 valence electrons. The molecule has 2 amide bonds. The van der Waals surface area contributed by atoms with E-state index in [-0.39, 0.29) is 29.3 Å². The number of amides is 2. The van der Waals surface area contributed by atoms with Gasteiger partial charge in [0.2, 0.25) is 11.8 Å². The number of hydrogen-bond acceptors (Lipinski definition) is 2. The number of nitrogens with one attached hydrogen (secondary N) is 1. The zero-order valence-corrected chi connectivity index (χ0v) is 13.4. The van der Waals surface area contributed by atoms with Crippen molar-refractivity contribution >= 4 is 11.8 Å². The molecule has 4 heteroatoms. The summed E-state index contributed by atoms with van der Waals surface area (Å²) in [5.41, 5.74) is -0.234. The number of carbonyl (C=O) groups is 2. The molecular weight excluding hydrogens is 252 g/mol. The van der Waals surface area contributed by atoms with Crippen LogP contribution >= 0.6 is 0 Å². The number of hydrogen-bond donors (Lipinski definition) is 1. The van der Waals surface area contributed by atoms with Crippen molar-refractivity contribution in [3.63, 3.8) is 0 Å². The van der Waals surface area contributed by atoms with Crippen LogP contribution < -0.4 is 5.32 Å². The van der Waals surface area contributed by atoms with E-state index in [1.807, 2.05) is 25.7 Å². The molecule has 0 aromatic heterocycles. The Morgan fingerprint density at radius 2 is 1.90 bits per heavy atom. The highest BCUT2D eigenvalue weighted by Gasteiger charge is 2.50. The van der Waals surface area contributed by atoms with Gasteiger partial charge >= 0.3 is 0 Å². The summed E-state index contributed by atoms with van der Waals surface area (Å²) in [6.07, 6.45) is 3.15. The summed E-state index contributed by atoms with van der Waals surface area (Å²) >= 11 is 0. The summed E-state index contributed by atoms with van der Waals surface area (Å²) in [5, 5.41) is 2.98. The molecule has 1 N–H and O–H groups in total. The first-order chi connectivity index (χ1) is 9.25. The monoisotopic (exact) mass is 280 g/mol. The summed E-state index contributed by atoms with van der Waals surface area (Å²) in [5.74, 6) is 0.950. The van der Waals surface area contributed by atoms with Gasteiger partial charge in [0.05, 0.1) is 0 Å². The lowest BCUT2D eigenvalue weighted by Crippen LogP contribution is -2.67. The van der Waals surface area contributed by atoms with E-state index in [2.05, 4.69) is 19.2 Å². The van der Waals surface area contributed by atoms with Crippen LogP contribution in [0.3, 0.4) is 0 Å². The Morgan fingerprint density at radius 3 is 2.35 bits per heavy atom. The van der Waals surface area contributed by atoms with Gasteiger partial charge in [-0.15, -0.1) is 0 Å². The third-order valence-electron chi connectivity index (χ3n) is 4.53. The molecule has 0 aromatic carbocycles. The van der Waals surface area contributed by atoms with Crippen LogP contribution in [0.15, 0.2) is 0 Å². The normalized spacial score (nSPS) is 29.4. The highest BCUT2D eigenvalue weighted by Crippen LogP contribution is 2.37. The van der Waals surface area contributed by atoms with Crippen LogP contribution in [-0.4, -0.2) is 35.3 Å². The molecule has 0 spiro atoms. The number of nitrogens with zero attached hydrogens (tertiary/aromatic N) is 1. The lowest BCUT2D eigenvalue weighted by atomic mass is 9.82. The smallest absolute Gasteiger partial charge is 0.246 e. The van der Waals surface area contributed by atoms with Crippen LogP contribution in [0.2, 0.25) is 0 Å². The zero-order chi connectivity index (χ0) is 15.1. The minimum Gasteiger partial charge on any atom is -0.342 e. The van der Waals surface area contributed by atoms with Crippen molar-refractivity contribution in [3.05, 3.63) is 0 Å². The Hall–Kier alpha value is -1.06. The average Bonchev–Trinajstić information content (AvgIpc) is 3.15. The molecule has 0 bridgehead atoms. The molecule has 1 saturated carbocycles. The molecule has 2 fully saturated rings. The fraction of sp³-hybridized carbons (Fsp3) is 0.875. The molecule has 1 aliphatic heterocycles. The summed E-state index contributed by atoms with van der Waals surface area (Å²) in [6, 6.07) is -0.621. The van der Waals surface area contributed by atoms with E-state index in [1.54, 1.807) is 0 Å². The topological polar surface area (TPSA) is 49.4 Å². The van der Waals surface area contributed by atoms with E-state index in [0.29, 0.717) is 18.4 Å². The van der Waals surface area contributed by atoms with Gasteiger partial charge in [-0.05, 0) is 30.1 Å². The molecule has 4 nitrogen and oxygen atoms in total. The third kappa shape index (κ3) is 2.99. The van der Waals surface area contributed by atoms with Crippen molar-refractivity contribution in [2.75, 3.05) is 6.54 Å². The van der Waals surface area contributed by atoms with E-state index in [9.17, 15) is 9.59 Å². The molecule has 3 atom stereocenters. The Balaban J connectivity index is 2.25. The fourth-order valence-electron chi connectivity index (χ4n) is 3.01. The van der Waals surface area contributed by atoms with Gasteiger partial charge in [0.25, 0.3) is 0 Å². The summed E-state index contributed by atoms with van der Waals surface area (Å²) in [6.45, 7) is 11.1. The summed E-state index contributed by atoms with van der Waals surface area (Å²) in [4.78, 5) is 27.1.